The topological polar surface area (TPSA) is 38.3 Å². The van der Waals surface area contributed by atoms with E-state index in [1.54, 1.807) is 0 Å². The number of ketones is 1. The van der Waals surface area contributed by atoms with E-state index < -0.39 is 17.7 Å². The lowest BCUT2D eigenvalue weighted by molar-refractivity contribution is -0.137. The summed E-state index contributed by atoms with van der Waals surface area (Å²) < 4.78 is 44.0. The second kappa shape index (κ2) is 5.26. The SMILES string of the molecule is O=C1C[C@H]2Oc3ccccc3N[C@H]2[C@@H]1c1ccc(C(F)(F)F)cc1. The number of carbonyl (C=O) groups excluding carboxylic acids is 1. The van der Waals surface area contributed by atoms with Crippen molar-refractivity contribution in [3.63, 3.8) is 0 Å². The Morgan fingerprint density at radius 3 is 2.46 bits per heavy atom. The van der Waals surface area contributed by atoms with Gasteiger partial charge in [-0.2, -0.15) is 13.2 Å². The Labute approximate surface area is 136 Å². The van der Waals surface area contributed by atoms with Crippen LogP contribution in [0.2, 0.25) is 0 Å². The Kier molecular flexibility index (Phi) is 3.30. The molecule has 24 heavy (non-hydrogen) atoms. The van der Waals surface area contributed by atoms with Crippen LogP contribution in [0.4, 0.5) is 18.9 Å². The molecule has 0 aromatic heterocycles. The van der Waals surface area contributed by atoms with Crippen LogP contribution in [-0.2, 0) is 11.0 Å². The lowest BCUT2D eigenvalue weighted by Gasteiger charge is -2.32. The van der Waals surface area contributed by atoms with E-state index in [9.17, 15) is 18.0 Å². The number of hydrogen-bond acceptors (Lipinski definition) is 3. The summed E-state index contributed by atoms with van der Waals surface area (Å²) in [6, 6.07) is 11.9. The molecule has 0 unspecified atom stereocenters. The highest BCUT2D eigenvalue weighted by atomic mass is 19.4. The first kappa shape index (κ1) is 15.1. The van der Waals surface area contributed by atoms with Crippen molar-refractivity contribution in [3.8, 4) is 5.75 Å². The van der Waals surface area contributed by atoms with Gasteiger partial charge in [-0.05, 0) is 29.8 Å². The van der Waals surface area contributed by atoms with Gasteiger partial charge in [-0.25, -0.2) is 0 Å². The van der Waals surface area contributed by atoms with E-state index >= 15 is 0 Å². The first-order valence-electron chi connectivity index (χ1n) is 7.65. The number of carbonyl (C=O) groups is 1. The second-order valence-electron chi connectivity index (χ2n) is 6.09. The third-order valence-electron chi connectivity index (χ3n) is 4.59. The molecular formula is C18H14F3NO2. The molecule has 1 aliphatic heterocycles. The van der Waals surface area contributed by atoms with Crippen LogP contribution in [0.25, 0.3) is 0 Å². The van der Waals surface area contributed by atoms with Crippen LogP contribution in [0.5, 0.6) is 5.75 Å². The molecule has 1 aliphatic carbocycles. The average Bonchev–Trinajstić information content (AvgIpc) is 2.86. The van der Waals surface area contributed by atoms with Crippen LogP contribution in [0, 0.1) is 0 Å². The normalized spacial score (nSPS) is 25.5. The Hall–Kier alpha value is -2.50. The molecule has 0 saturated heterocycles. The summed E-state index contributed by atoms with van der Waals surface area (Å²) in [5.41, 5.74) is 0.660. The zero-order valence-corrected chi connectivity index (χ0v) is 12.5. The molecule has 0 spiro atoms. The number of Topliss-reactive ketones (excluding diaryl/α,β-unsaturated/α-hetero) is 1. The number of nitrogens with one attached hydrogen (secondary N) is 1. The number of ether oxygens (including phenoxy) is 1. The largest absolute Gasteiger partial charge is 0.486 e. The number of rotatable bonds is 1. The third-order valence-corrected chi connectivity index (χ3v) is 4.59. The van der Waals surface area contributed by atoms with Crippen LogP contribution in [0.1, 0.15) is 23.5 Å². The summed E-state index contributed by atoms with van der Waals surface area (Å²) in [7, 11) is 0. The average molecular weight is 333 g/mol. The van der Waals surface area contributed by atoms with E-state index in [1.165, 1.54) is 12.1 Å². The molecule has 1 saturated carbocycles. The van der Waals surface area contributed by atoms with E-state index in [4.69, 9.17) is 4.74 Å². The molecule has 2 aromatic carbocycles. The Balaban J connectivity index is 1.65. The highest BCUT2D eigenvalue weighted by Gasteiger charge is 2.47. The Bertz CT molecular complexity index is 786. The van der Waals surface area contributed by atoms with Gasteiger partial charge in [-0.1, -0.05) is 24.3 Å². The van der Waals surface area contributed by atoms with Crippen molar-refractivity contribution in [1.29, 1.82) is 0 Å². The molecule has 3 atom stereocenters. The third kappa shape index (κ3) is 2.42. The minimum absolute atomic E-state index is 0.0231. The van der Waals surface area contributed by atoms with Crippen LogP contribution < -0.4 is 10.1 Å². The van der Waals surface area contributed by atoms with Crippen molar-refractivity contribution in [1.82, 2.24) is 0 Å². The van der Waals surface area contributed by atoms with Gasteiger partial charge in [0.25, 0.3) is 0 Å². The second-order valence-corrected chi connectivity index (χ2v) is 6.09. The minimum atomic E-state index is -4.38. The Morgan fingerprint density at radius 1 is 1.04 bits per heavy atom. The van der Waals surface area contributed by atoms with Crippen molar-refractivity contribution in [2.75, 3.05) is 5.32 Å². The van der Waals surface area contributed by atoms with Gasteiger partial charge in [0.2, 0.25) is 0 Å². The van der Waals surface area contributed by atoms with Crippen molar-refractivity contribution in [3.05, 3.63) is 59.7 Å². The molecule has 1 fully saturated rings. The molecule has 0 bridgehead atoms. The van der Waals surface area contributed by atoms with Crippen LogP contribution in [0.15, 0.2) is 48.5 Å². The van der Waals surface area contributed by atoms with Gasteiger partial charge in [-0.15, -0.1) is 0 Å². The zero-order chi connectivity index (χ0) is 16.9. The highest BCUT2D eigenvalue weighted by Crippen LogP contribution is 2.42. The standard InChI is InChI=1S/C18H14F3NO2/c19-18(20,21)11-7-5-10(6-8-11)16-13(23)9-15-17(16)22-12-3-1-2-4-14(12)24-15/h1-8,15-17,22H,9H2/t15-,16-,17-/m1/s1. The maximum Gasteiger partial charge on any atom is 0.416 e. The first-order chi connectivity index (χ1) is 11.4. The van der Waals surface area contributed by atoms with Gasteiger partial charge in [0.05, 0.1) is 23.2 Å². The predicted molar refractivity (Wildman–Crippen MR) is 82.1 cm³/mol. The number of hydrogen-bond donors (Lipinski definition) is 1. The number of alkyl halides is 3. The summed E-state index contributed by atoms with van der Waals surface area (Å²) in [5, 5.41) is 3.31. The summed E-state index contributed by atoms with van der Waals surface area (Å²) in [6.45, 7) is 0. The van der Waals surface area contributed by atoms with E-state index in [2.05, 4.69) is 5.32 Å². The van der Waals surface area contributed by atoms with Gasteiger partial charge < -0.3 is 10.1 Å². The summed E-state index contributed by atoms with van der Waals surface area (Å²) in [5.74, 6) is 0.162. The quantitative estimate of drug-likeness (QED) is 0.857. The first-order valence-corrected chi connectivity index (χ1v) is 7.65. The molecular weight excluding hydrogens is 319 g/mol. The molecule has 6 heteroatoms. The lowest BCUT2D eigenvalue weighted by atomic mass is 9.91. The molecule has 4 rings (SSSR count). The maximum atomic E-state index is 12.7. The predicted octanol–water partition coefficient (Wildman–Crippen LogP) is 4.00. The smallest absolute Gasteiger partial charge is 0.416 e. The molecule has 2 aliphatic rings. The molecule has 3 nitrogen and oxygen atoms in total. The fraction of sp³-hybridized carbons (Fsp3) is 0.278. The fourth-order valence-corrected chi connectivity index (χ4v) is 3.46. The summed E-state index contributed by atoms with van der Waals surface area (Å²) in [6.07, 6.45) is -4.44. The minimum Gasteiger partial charge on any atom is -0.486 e. The van der Waals surface area contributed by atoms with E-state index in [-0.39, 0.29) is 24.3 Å². The summed E-state index contributed by atoms with van der Waals surface area (Å²) in [4.78, 5) is 12.4. The van der Waals surface area contributed by atoms with E-state index in [1.807, 2.05) is 24.3 Å². The zero-order valence-electron chi connectivity index (χ0n) is 12.5. The number of fused-ring (bicyclic) bond motifs is 2. The number of halogens is 3. The fourth-order valence-electron chi connectivity index (χ4n) is 3.46. The van der Waals surface area contributed by atoms with Gasteiger partial charge in [0, 0.05) is 6.42 Å². The number of anilines is 1. The molecule has 1 heterocycles. The summed E-state index contributed by atoms with van der Waals surface area (Å²) >= 11 is 0. The van der Waals surface area contributed by atoms with Crippen LogP contribution in [-0.4, -0.2) is 17.9 Å². The molecule has 0 radical (unpaired) electrons. The van der Waals surface area contributed by atoms with E-state index in [0.717, 1.165) is 17.8 Å². The van der Waals surface area contributed by atoms with E-state index in [0.29, 0.717) is 11.3 Å². The lowest BCUT2D eigenvalue weighted by Crippen LogP contribution is -2.40. The maximum absolute atomic E-state index is 12.7. The van der Waals surface area contributed by atoms with Gasteiger partial charge in [0.1, 0.15) is 17.6 Å². The van der Waals surface area contributed by atoms with Crippen molar-refractivity contribution in [2.24, 2.45) is 0 Å². The molecule has 0 amide bonds. The monoisotopic (exact) mass is 333 g/mol. The van der Waals surface area contributed by atoms with Crippen LogP contribution in [0.3, 0.4) is 0 Å². The van der Waals surface area contributed by atoms with Gasteiger partial charge in [0.15, 0.2) is 0 Å². The highest BCUT2D eigenvalue weighted by molar-refractivity contribution is 5.91. The van der Waals surface area contributed by atoms with Gasteiger partial charge in [-0.3, -0.25) is 4.79 Å². The van der Waals surface area contributed by atoms with Crippen LogP contribution >= 0.6 is 0 Å². The number of benzene rings is 2. The number of para-hydroxylation sites is 2. The molecule has 124 valence electrons. The van der Waals surface area contributed by atoms with Gasteiger partial charge >= 0.3 is 6.18 Å². The molecule has 1 N–H and O–H groups in total. The van der Waals surface area contributed by atoms with Crippen molar-refractivity contribution < 1.29 is 22.7 Å². The molecule has 2 aromatic rings. The van der Waals surface area contributed by atoms with Crippen molar-refractivity contribution in [2.45, 2.75) is 30.7 Å². The Morgan fingerprint density at radius 2 is 1.75 bits per heavy atom. The van der Waals surface area contributed by atoms with Crippen molar-refractivity contribution >= 4 is 11.5 Å².